The summed E-state index contributed by atoms with van der Waals surface area (Å²) in [5, 5.41) is 9.77. The number of aromatic nitrogens is 2. The molecule has 0 aliphatic rings. The third kappa shape index (κ3) is 4.46. The number of aryl methyl sites for hydroxylation is 1. The maximum atomic E-state index is 12.0. The van der Waals surface area contributed by atoms with Gasteiger partial charge in [-0.1, -0.05) is 29.8 Å². The highest BCUT2D eigenvalue weighted by Crippen LogP contribution is 2.15. The van der Waals surface area contributed by atoms with Crippen molar-refractivity contribution in [3.8, 4) is 5.88 Å². The van der Waals surface area contributed by atoms with Crippen LogP contribution in [0.1, 0.15) is 15.9 Å². The molecule has 0 atom stereocenters. The largest absolute Gasteiger partial charge is 0.479 e. The summed E-state index contributed by atoms with van der Waals surface area (Å²) in [5.41, 5.74) is 1.08. The predicted molar refractivity (Wildman–Crippen MR) is 85.4 cm³/mol. The minimum Gasteiger partial charge on any atom is -0.479 e. The fraction of sp³-hybridized carbons (Fsp3) is 0.267. The Morgan fingerprint density at radius 2 is 2.04 bits per heavy atom. The van der Waals surface area contributed by atoms with E-state index >= 15 is 0 Å². The van der Waals surface area contributed by atoms with Crippen LogP contribution in [0.15, 0.2) is 30.5 Å². The van der Waals surface area contributed by atoms with Crippen LogP contribution in [0.3, 0.4) is 0 Å². The Hall–Kier alpha value is -2.54. The third-order valence-corrected chi connectivity index (χ3v) is 3.44. The van der Waals surface area contributed by atoms with Crippen molar-refractivity contribution < 1.29 is 14.3 Å². The molecule has 0 aliphatic heterocycles. The van der Waals surface area contributed by atoms with Gasteiger partial charge in [-0.05, 0) is 11.6 Å². The molecule has 2 aromatic rings. The molecule has 7 nitrogen and oxygen atoms in total. The Bertz CT molecular complexity index is 714. The van der Waals surface area contributed by atoms with Crippen molar-refractivity contribution in [1.29, 1.82) is 0 Å². The summed E-state index contributed by atoms with van der Waals surface area (Å²) < 4.78 is 6.47. The zero-order valence-electron chi connectivity index (χ0n) is 12.8. The molecule has 0 saturated carbocycles. The van der Waals surface area contributed by atoms with Crippen molar-refractivity contribution in [3.63, 3.8) is 0 Å². The molecule has 1 heterocycles. The average Bonchev–Trinajstić information content (AvgIpc) is 2.93. The van der Waals surface area contributed by atoms with Gasteiger partial charge in [0, 0.05) is 24.8 Å². The van der Waals surface area contributed by atoms with E-state index in [9.17, 15) is 9.59 Å². The molecule has 0 fully saturated rings. The number of nitrogens with zero attached hydrogens (tertiary/aromatic N) is 2. The first kappa shape index (κ1) is 16.8. The van der Waals surface area contributed by atoms with Gasteiger partial charge in [-0.15, -0.1) is 5.10 Å². The summed E-state index contributed by atoms with van der Waals surface area (Å²) in [6.07, 6.45) is 1.52. The minimum absolute atomic E-state index is 0.151. The van der Waals surface area contributed by atoms with Crippen molar-refractivity contribution >= 4 is 23.4 Å². The van der Waals surface area contributed by atoms with Gasteiger partial charge in [0.2, 0.25) is 11.8 Å². The Morgan fingerprint density at radius 3 is 2.74 bits per heavy atom. The third-order valence-electron chi connectivity index (χ3n) is 3.08. The molecule has 1 aromatic heterocycles. The zero-order valence-corrected chi connectivity index (χ0v) is 13.6. The standard InChI is InChI=1S/C15H17ClN4O3/c1-20-9-11(15(19-20)23-2)14(22)18-8-13(21)17-7-10-5-3-4-6-12(10)16/h3-6,9H,7-8H2,1-2H3,(H,17,21)(H,18,22). The van der Waals surface area contributed by atoms with E-state index in [-0.39, 0.29) is 23.9 Å². The Labute approximate surface area is 138 Å². The first-order valence-electron chi connectivity index (χ1n) is 6.87. The van der Waals surface area contributed by atoms with Crippen LogP contribution < -0.4 is 15.4 Å². The number of halogens is 1. The smallest absolute Gasteiger partial charge is 0.258 e. The molecule has 1 aromatic carbocycles. The number of carbonyl (C=O) groups excluding carboxylic acids is 2. The second-order valence-corrected chi connectivity index (χ2v) is 5.18. The fourth-order valence-electron chi connectivity index (χ4n) is 1.93. The van der Waals surface area contributed by atoms with Gasteiger partial charge in [0.15, 0.2) is 0 Å². The molecule has 122 valence electrons. The van der Waals surface area contributed by atoms with Gasteiger partial charge in [-0.3, -0.25) is 14.3 Å². The van der Waals surface area contributed by atoms with Gasteiger partial charge in [0.05, 0.1) is 13.7 Å². The van der Waals surface area contributed by atoms with Gasteiger partial charge in [0.1, 0.15) is 5.56 Å². The molecule has 2 N–H and O–H groups in total. The van der Waals surface area contributed by atoms with E-state index in [0.717, 1.165) is 5.56 Å². The van der Waals surface area contributed by atoms with E-state index in [0.29, 0.717) is 11.6 Å². The monoisotopic (exact) mass is 336 g/mol. The van der Waals surface area contributed by atoms with Crippen LogP contribution in [0.2, 0.25) is 5.02 Å². The first-order valence-corrected chi connectivity index (χ1v) is 7.25. The van der Waals surface area contributed by atoms with Crippen LogP contribution in [0, 0.1) is 0 Å². The summed E-state index contributed by atoms with van der Waals surface area (Å²) >= 11 is 6.01. The highest BCUT2D eigenvalue weighted by atomic mass is 35.5. The van der Waals surface area contributed by atoms with E-state index < -0.39 is 5.91 Å². The van der Waals surface area contributed by atoms with Gasteiger partial charge in [0.25, 0.3) is 5.91 Å². The highest BCUT2D eigenvalue weighted by Gasteiger charge is 2.16. The lowest BCUT2D eigenvalue weighted by Crippen LogP contribution is -2.36. The maximum absolute atomic E-state index is 12.0. The SMILES string of the molecule is COc1nn(C)cc1C(=O)NCC(=O)NCc1ccccc1Cl. The number of amides is 2. The van der Waals surface area contributed by atoms with Gasteiger partial charge < -0.3 is 15.4 Å². The van der Waals surface area contributed by atoms with E-state index in [4.69, 9.17) is 16.3 Å². The van der Waals surface area contributed by atoms with Crippen molar-refractivity contribution in [2.24, 2.45) is 7.05 Å². The number of rotatable bonds is 6. The molecule has 0 unspecified atom stereocenters. The lowest BCUT2D eigenvalue weighted by atomic mass is 10.2. The summed E-state index contributed by atoms with van der Waals surface area (Å²) in [5.74, 6) is -0.537. The van der Waals surface area contributed by atoms with Crippen LogP contribution in [0.5, 0.6) is 5.88 Å². The molecule has 0 bridgehead atoms. The second-order valence-electron chi connectivity index (χ2n) is 4.78. The van der Waals surface area contributed by atoms with E-state index in [1.54, 1.807) is 13.1 Å². The summed E-state index contributed by atoms with van der Waals surface area (Å²) in [7, 11) is 3.10. The zero-order chi connectivity index (χ0) is 16.8. The first-order chi connectivity index (χ1) is 11.0. The lowest BCUT2D eigenvalue weighted by molar-refractivity contribution is -0.120. The molecule has 0 saturated heterocycles. The van der Waals surface area contributed by atoms with Gasteiger partial charge >= 0.3 is 0 Å². The van der Waals surface area contributed by atoms with Crippen LogP contribution >= 0.6 is 11.6 Å². The number of carbonyl (C=O) groups is 2. The topological polar surface area (TPSA) is 85.2 Å². The number of ether oxygens (including phenoxy) is 1. The van der Waals surface area contributed by atoms with Crippen molar-refractivity contribution in [1.82, 2.24) is 20.4 Å². The number of hydrogen-bond acceptors (Lipinski definition) is 4. The molecule has 0 aliphatic carbocycles. The number of hydrogen-bond donors (Lipinski definition) is 2. The van der Waals surface area contributed by atoms with E-state index in [1.165, 1.54) is 18.0 Å². The average molecular weight is 337 g/mol. The quantitative estimate of drug-likeness (QED) is 0.828. The Balaban J connectivity index is 1.84. The van der Waals surface area contributed by atoms with Crippen LogP contribution in [0.4, 0.5) is 0 Å². The molecule has 23 heavy (non-hydrogen) atoms. The summed E-state index contributed by atoms with van der Waals surface area (Å²) in [6.45, 7) is 0.145. The Morgan fingerprint density at radius 1 is 1.30 bits per heavy atom. The summed E-state index contributed by atoms with van der Waals surface area (Å²) in [4.78, 5) is 23.8. The van der Waals surface area contributed by atoms with Crippen molar-refractivity contribution in [2.45, 2.75) is 6.54 Å². The molecular formula is C15H17ClN4O3. The number of nitrogens with one attached hydrogen (secondary N) is 2. The fourth-order valence-corrected chi connectivity index (χ4v) is 2.13. The summed E-state index contributed by atoms with van der Waals surface area (Å²) in [6, 6.07) is 7.22. The van der Waals surface area contributed by atoms with Crippen LogP contribution in [0.25, 0.3) is 0 Å². The normalized spacial score (nSPS) is 10.2. The number of benzene rings is 1. The Kier molecular flexibility index (Phi) is 5.59. The molecule has 2 amide bonds. The maximum Gasteiger partial charge on any atom is 0.258 e. The minimum atomic E-state index is -0.428. The van der Waals surface area contributed by atoms with Crippen molar-refractivity contribution in [3.05, 3.63) is 46.6 Å². The van der Waals surface area contributed by atoms with Gasteiger partial charge in [-0.25, -0.2) is 0 Å². The predicted octanol–water partition coefficient (Wildman–Crippen LogP) is 1.13. The van der Waals surface area contributed by atoms with Crippen LogP contribution in [-0.4, -0.2) is 35.2 Å². The van der Waals surface area contributed by atoms with Gasteiger partial charge in [-0.2, -0.15) is 0 Å². The molecule has 8 heteroatoms. The number of methoxy groups -OCH3 is 1. The van der Waals surface area contributed by atoms with E-state index in [2.05, 4.69) is 15.7 Å². The molecular weight excluding hydrogens is 320 g/mol. The lowest BCUT2D eigenvalue weighted by Gasteiger charge is -2.08. The van der Waals surface area contributed by atoms with Crippen molar-refractivity contribution in [2.75, 3.05) is 13.7 Å². The molecule has 0 radical (unpaired) electrons. The van der Waals surface area contributed by atoms with Crippen LogP contribution in [-0.2, 0) is 18.4 Å². The van der Waals surface area contributed by atoms with E-state index in [1.807, 2.05) is 18.2 Å². The molecule has 0 spiro atoms. The highest BCUT2D eigenvalue weighted by molar-refractivity contribution is 6.31. The second kappa shape index (κ2) is 7.64. The molecule has 2 rings (SSSR count).